The Hall–Kier alpha value is -0.790. The van der Waals surface area contributed by atoms with Gasteiger partial charge in [0.2, 0.25) is 0 Å². The summed E-state index contributed by atoms with van der Waals surface area (Å²) in [5.74, 6) is 0. The van der Waals surface area contributed by atoms with Gasteiger partial charge in [0.1, 0.15) is 0 Å². The molecule has 0 saturated carbocycles. The van der Waals surface area contributed by atoms with Gasteiger partial charge in [0, 0.05) is 0 Å². The van der Waals surface area contributed by atoms with Crippen molar-refractivity contribution in [1.29, 1.82) is 0 Å². The van der Waals surface area contributed by atoms with Gasteiger partial charge in [-0.05, 0) is 0 Å². The standard InChI is InChI=1S/C5H4F6O2/c6-3(12)1-2-13-5(10,11)4(7,8)9/h1-2H2. The highest BCUT2D eigenvalue weighted by Gasteiger charge is 2.59. The molecule has 8 heteroatoms. The summed E-state index contributed by atoms with van der Waals surface area (Å²) in [4.78, 5) is 9.51. The van der Waals surface area contributed by atoms with Gasteiger partial charge in [-0.3, -0.25) is 4.79 Å². The molecule has 0 aromatic heterocycles. The lowest BCUT2D eigenvalue weighted by atomic mass is 10.5. The second kappa shape index (κ2) is 3.95. The summed E-state index contributed by atoms with van der Waals surface area (Å²) in [5.41, 5.74) is 0. The largest absolute Gasteiger partial charge is 0.482 e. The molecule has 0 saturated heterocycles. The first-order chi connectivity index (χ1) is 5.67. The summed E-state index contributed by atoms with van der Waals surface area (Å²) < 4.78 is 71.8. The summed E-state index contributed by atoms with van der Waals surface area (Å²) in [6.07, 6.45) is -12.3. The van der Waals surface area contributed by atoms with Gasteiger partial charge in [-0.2, -0.15) is 26.3 Å². The zero-order chi connectivity index (χ0) is 10.7. The van der Waals surface area contributed by atoms with E-state index in [0.717, 1.165) is 0 Å². The van der Waals surface area contributed by atoms with Crippen LogP contribution < -0.4 is 0 Å². The van der Waals surface area contributed by atoms with E-state index in [0.29, 0.717) is 0 Å². The average Bonchev–Trinajstić information content (AvgIpc) is 1.82. The van der Waals surface area contributed by atoms with Crippen LogP contribution in [0.15, 0.2) is 0 Å². The Morgan fingerprint density at radius 2 is 1.62 bits per heavy atom. The molecular weight excluding hydrogens is 206 g/mol. The molecule has 0 radical (unpaired) electrons. The van der Waals surface area contributed by atoms with E-state index in [4.69, 9.17) is 0 Å². The van der Waals surface area contributed by atoms with Crippen LogP contribution in [0.2, 0.25) is 0 Å². The van der Waals surface area contributed by atoms with Crippen molar-refractivity contribution in [2.45, 2.75) is 18.7 Å². The van der Waals surface area contributed by atoms with Crippen LogP contribution in [-0.4, -0.2) is 24.9 Å². The fourth-order valence-corrected chi connectivity index (χ4v) is 0.341. The van der Waals surface area contributed by atoms with E-state index >= 15 is 0 Å². The number of carbonyl (C=O) groups excluding carboxylic acids is 1. The van der Waals surface area contributed by atoms with Gasteiger partial charge in [-0.15, -0.1) is 0 Å². The van der Waals surface area contributed by atoms with Gasteiger partial charge in [-0.1, -0.05) is 0 Å². The fourth-order valence-electron chi connectivity index (χ4n) is 0.341. The lowest BCUT2D eigenvalue weighted by molar-refractivity contribution is -0.390. The van der Waals surface area contributed by atoms with Crippen LogP contribution in [0.3, 0.4) is 0 Å². The van der Waals surface area contributed by atoms with Crippen LogP contribution in [0.1, 0.15) is 6.42 Å². The third kappa shape index (κ3) is 4.11. The maximum Gasteiger partial charge on any atom is 0.482 e. The molecule has 2 nitrogen and oxygen atoms in total. The molecule has 0 heterocycles. The molecule has 0 aliphatic heterocycles. The lowest BCUT2D eigenvalue weighted by Gasteiger charge is -2.18. The van der Waals surface area contributed by atoms with E-state index in [2.05, 4.69) is 4.74 Å². The zero-order valence-electron chi connectivity index (χ0n) is 6.00. The van der Waals surface area contributed by atoms with Crippen LogP contribution in [0.25, 0.3) is 0 Å². The molecule has 0 aliphatic carbocycles. The highest BCUT2D eigenvalue weighted by molar-refractivity contribution is 5.67. The maximum absolute atomic E-state index is 11.8. The van der Waals surface area contributed by atoms with Crippen molar-refractivity contribution < 1.29 is 35.9 Å². The van der Waals surface area contributed by atoms with Gasteiger partial charge >= 0.3 is 18.3 Å². The minimum atomic E-state index is -5.85. The molecule has 0 bridgehead atoms. The first-order valence-corrected chi connectivity index (χ1v) is 2.93. The normalized spacial score (nSPS) is 13.1. The van der Waals surface area contributed by atoms with E-state index < -0.39 is 31.3 Å². The number of ether oxygens (including phenoxy) is 1. The number of carbonyl (C=O) groups is 1. The molecule has 0 aromatic rings. The predicted octanol–water partition coefficient (Wildman–Crippen LogP) is 2.04. The summed E-state index contributed by atoms with van der Waals surface area (Å²) in [6, 6.07) is -2.02. The second-order valence-electron chi connectivity index (χ2n) is 1.97. The first kappa shape index (κ1) is 12.2. The van der Waals surface area contributed by atoms with Gasteiger partial charge in [0.05, 0.1) is 13.0 Å². The van der Waals surface area contributed by atoms with Crippen molar-refractivity contribution in [1.82, 2.24) is 0 Å². The minimum absolute atomic E-state index is 1.13. The summed E-state index contributed by atoms with van der Waals surface area (Å²) >= 11 is 0. The smallest absolute Gasteiger partial charge is 0.313 e. The summed E-state index contributed by atoms with van der Waals surface area (Å²) in [6.45, 7) is -1.32. The molecule has 78 valence electrons. The number of halogens is 6. The van der Waals surface area contributed by atoms with E-state index in [1.165, 1.54) is 0 Å². The van der Waals surface area contributed by atoms with Crippen molar-refractivity contribution in [3.05, 3.63) is 0 Å². The molecule has 0 amide bonds. The monoisotopic (exact) mass is 210 g/mol. The molecule has 0 spiro atoms. The lowest BCUT2D eigenvalue weighted by Crippen LogP contribution is -2.39. The molecule has 0 atom stereocenters. The second-order valence-corrected chi connectivity index (χ2v) is 1.97. The van der Waals surface area contributed by atoms with Crippen LogP contribution >= 0.6 is 0 Å². The van der Waals surface area contributed by atoms with Gasteiger partial charge in [-0.25, -0.2) is 0 Å². The highest BCUT2D eigenvalue weighted by atomic mass is 19.4. The van der Waals surface area contributed by atoms with Crippen LogP contribution in [0, 0.1) is 0 Å². The SMILES string of the molecule is O=C(F)CCOC(F)(F)C(F)(F)F. The van der Waals surface area contributed by atoms with Crippen molar-refractivity contribution in [3.63, 3.8) is 0 Å². The van der Waals surface area contributed by atoms with Crippen LogP contribution in [0.5, 0.6) is 0 Å². The number of alkyl halides is 5. The third-order valence-corrected chi connectivity index (χ3v) is 0.912. The third-order valence-electron chi connectivity index (χ3n) is 0.912. The van der Waals surface area contributed by atoms with E-state index in [1.54, 1.807) is 0 Å². The van der Waals surface area contributed by atoms with E-state index in [1.807, 2.05) is 0 Å². The number of rotatable bonds is 4. The molecule has 0 aromatic carbocycles. The molecule has 0 N–H and O–H groups in total. The highest BCUT2D eigenvalue weighted by Crippen LogP contribution is 2.36. The van der Waals surface area contributed by atoms with Crippen molar-refractivity contribution >= 4 is 6.04 Å². The van der Waals surface area contributed by atoms with Crippen LogP contribution in [-0.2, 0) is 9.53 Å². The Morgan fingerprint density at radius 3 is 1.92 bits per heavy atom. The average molecular weight is 210 g/mol. The Morgan fingerprint density at radius 1 is 1.15 bits per heavy atom. The number of hydrogen-bond acceptors (Lipinski definition) is 2. The Kier molecular flexibility index (Phi) is 3.71. The zero-order valence-corrected chi connectivity index (χ0v) is 6.00. The molecule has 0 aliphatic rings. The Labute approximate surface area is 68.5 Å². The van der Waals surface area contributed by atoms with E-state index in [9.17, 15) is 31.1 Å². The Bertz CT molecular complexity index is 186. The summed E-state index contributed by atoms with van der Waals surface area (Å²) in [5, 5.41) is 0. The molecule has 13 heavy (non-hydrogen) atoms. The van der Waals surface area contributed by atoms with Gasteiger partial charge in [0.25, 0.3) is 0 Å². The molecule has 0 rings (SSSR count). The quantitative estimate of drug-likeness (QED) is 0.524. The topological polar surface area (TPSA) is 26.3 Å². The van der Waals surface area contributed by atoms with Gasteiger partial charge in [0.15, 0.2) is 0 Å². The van der Waals surface area contributed by atoms with Crippen molar-refractivity contribution in [2.75, 3.05) is 6.61 Å². The maximum atomic E-state index is 11.8. The predicted molar refractivity (Wildman–Crippen MR) is 27.7 cm³/mol. The van der Waals surface area contributed by atoms with Crippen molar-refractivity contribution in [3.8, 4) is 0 Å². The molecule has 0 unspecified atom stereocenters. The van der Waals surface area contributed by atoms with Gasteiger partial charge < -0.3 is 4.74 Å². The molecular formula is C5H4F6O2. The number of hydrogen-bond donors (Lipinski definition) is 0. The Balaban J connectivity index is 3.97. The van der Waals surface area contributed by atoms with Crippen LogP contribution in [0.4, 0.5) is 26.3 Å². The fraction of sp³-hybridized carbons (Fsp3) is 0.800. The summed E-state index contributed by atoms with van der Waals surface area (Å²) in [7, 11) is 0. The van der Waals surface area contributed by atoms with Crippen molar-refractivity contribution in [2.24, 2.45) is 0 Å². The van der Waals surface area contributed by atoms with E-state index in [-0.39, 0.29) is 0 Å². The first-order valence-electron chi connectivity index (χ1n) is 2.93. The minimum Gasteiger partial charge on any atom is -0.313 e. The molecule has 0 fully saturated rings.